The average Bonchev–Trinajstić information content (AvgIpc) is 3.45. The lowest BCUT2D eigenvalue weighted by atomic mass is 10.0. The molecule has 0 fully saturated rings. The lowest BCUT2D eigenvalue weighted by Gasteiger charge is -2.24. The van der Waals surface area contributed by atoms with E-state index in [4.69, 9.17) is 18.5 Å². The number of hydrogen-bond acceptors (Lipinski definition) is 7. The van der Waals surface area contributed by atoms with Gasteiger partial charge in [0, 0.05) is 12.8 Å². The van der Waals surface area contributed by atoms with Gasteiger partial charge in [0.25, 0.3) is 0 Å². The Balaban J connectivity index is 4.22. The molecule has 0 aliphatic carbocycles. The van der Waals surface area contributed by atoms with Gasteiger partial charge in [-0.2, -0.15) is 0 Å². The number of hydrogen-bond donors (Lipinski definition) is 1. The van der Waals surface area contributed by atoms with Gasteiger partial charge >= 0.3 is 19.8 Å². The van der Waals surface area contributed by atoms with Crippen molar-refractivity contribution < 1.29 is 42.1 Å². The first-order valence-electron chi connectivity index (χ1n) is 32.6. The summed E-state index contributed by atoms with van der Waals surface area (Å²) in [7, 11) is 1.44. The number of rotatable bonds is 58. The van der Waals surface area contributed by atoms with Gasteiger partial charge in [0.1, 0.15) is 19.8 Å². The molecule has 0 aromatic rings. The number of carbonyl (C=O) groups is 2. The maximum atomic E-state index is 12.8. The quantitative estimate of drug-likeness (QED) is 0.0211. The van der Waals surface area contributed by atoms with E-state index in [0.717, 1.165) is 116 Å². The van der Waals surface area contributed by atoms with E-state index in [1.165, 1.54) is 96.3 Å². The summed E-state index contributed by atoms with van der Waals surface area (Å²) in [5.74, 6) is -0.836. The number of nitrogens with zero attached hydrogens (tertiary/aromatic N) is 1. The minimum absolute atomic E-state index is 0.0183. The fraction of sp³-hybridized carbons (Fsp3) is 0.639. The van der Waals surface area contributed by atoms with E-state index in [9.17, 15) is 19.0 Å². The van der Waals surface area contributed by atoms with Crippen LogP contribution in [0.1, 0.15) is 245 Å². The van der Waals surface area contributed by atoms with Crippen LogP contribution in [0.3, 0.4) is 0 Å². The maximum Gasteiger partial charge on any atom is 0.472 e. The minimum Gasteiger partial charge on any atom is -0.462 e. The van der Waals surface area contributed by atoms with Crippen LogP contribution in [0.15, 0.2) is 146 Å². The first kappa shape index (κ1) is 77.9. The highest BCUT2D eigenvalue weighted by Crippen LogP contribution is 2.43. The third-order valence-corrected chi connectivity index (χ3v) is 14.3. The number of allylic oxidation sites excluding steroid dienone is 24. The predicted octanol–water partition coefficient (Wildman–Crippen LogP) is 21.0. The Bertz CT molecular complexity index is 1890. The molecule has 9 nitrogen and oxygen atoms in total. The molecule has 10 heteroatoms. The van der Waals surface area contributed by atoms with Crippen molar-refractivity contribution in [1.29, 1.82) is 0 Å². The van der Waals surface area contributed by atoms with Gasteiger partial charge in [-0.1, -0.05) is 256 Å². The molecule has 0 spiro atoms. The Hall–Kier alpha value is -4.11. The molecule has 0 saturated carbocycles. The van der Waals surface area contributed by atoms with E-state index in [1.807, 2.05) is 21.1 Å². The van der Waals surface area contributed by atoms with Crippen LogP contribution in [-0.2, 0) is 32.7 Å². The molecule has 0 aromatic heterocycles. The number of likely N-dealkylation sites (N-methyl/N-ethyl adjacent to an activating group) is 1. The number of phosphoric ester groups is 1. The first-order valence-corrected chi connectivity index (χ1v) is 34.1. The summed E-state index contributed by atoms with van der Waals surface area (Å²) in [6, 6.07) is 0. The third-order valence-electron chi connectivity index (χ3n) is 13.4. The van der Waals surface area contributed by atoms with E-state index < -0.39 is 26.5 Å². The van der Waals surface area contributed by atoms with E-state index in [2.05, 4.69) is 160 Å². The van der Waals surface area contributed by atoms with Gasteiger partial charge in [0.15, 0.2) is 6.10 Å². The standard InChI is InChI=1S/C72H120NO8P/c1-6-8-10-12-14-16-18-20-22-24-26-28-30-31-32-33-34-35-36-37-38-39-40-41-43-45-47-49-51-53-55-57-59-61-63-65-72(75)81-70(69-80-82(76,77)79-67-66-73(3,4)5)68-78-71(74)64-62-60-58-56-54-52-50-48-46-44-42-29-27-25-23-21-19-17-15-13-11-9-7-2/h8,10,14,16,19-22,25-28,31-32,34-35,37-38,40-41,45,47,51,53,70H,6-7,9,11-13,15,17-18,23-24,29-30,33,36,39,42-44,46,48-50,52,54-69H2,1-5H3/p+1/b10-8-,16-14-,21-19-,22-20-,27-25-,28-26-,32-31-,35-34-,38-37-,41-40-,47-45-,53-51-. The Morgan fingerprint density at radius 3 is 1.04 bits per heavy atom. The molecule has 2 unspecified atom stereocenters. The van der Waals surface area contributed by atoms with Crippen LogP contribution < -0.4 is 0 Å². The van der Waals surface area contributed by atoms with Gasteiger partial charge in [-0.05, 0) is 122 Å². The molecular weight excluding hydrogens is 1040 g/mol. The van der Waals surface area contributed by atoms with Crippen LogP contribution in [0.4, 0.5) is 0 Å². The van der Waals surface area contributed by atoms with Crippen molar-refractivity contribution in [1.82, 2.24) is 0 Å². The summed E-state index contributed by atoms with van der Waals surface area (Å²) in [6.07, 6.45) is 90.7. The Kier molecular flexibility index (Phi) is 58.4. The highest BCUT2D eigenvalue weighted by Gasteiger charge is 2.27. The first-order chi connectivity index (χ1) is 40.0. The molecule has 0 heterocycles. The smallest absolute Gasteiger partial charge is 0.462 e. The highest BCUT2D eigenvalue weighted by molar-refractivity contribution is 7.47. The summed E-state index contributed by atoms with van der Waals surface area (Å²) in [4.78, 5) is 35.8. The molecule has 0 aromatic carbocycles. The highest BCUT2D eigenvalue weighted by atomic mass is 31.2. The Morgan fingerprint density at radius 2 is 0.695 bits per heavy atom. The lowest BCUT2D eigenvalue weighted by Crippen LogP contribution is -2.37. The molecule has 466 valence electrons. The fourth-order valence-corrected chi connectivity index (χ4v) is 9.11. The summed E-state index contributed by atoms with van der Waals surface area (Å²) in [5.41, 5.74) is 0. The summed E-state index contributed by atoms with van der Waals surface area (Å²) in [6.45, 7) is 4.27. The average molecular weight is 1160 g/mol. The number of phosphoric acid groups is 1. The number of ether oxygens (including phenoxy) is 2. The van der Waals surface area contributed by atoms with Crippen LogP contribution >= 0.6 is 7.82 Å². The largest absolute Gasteiger partial charge is 0.472 e. The second-order valence-corrected chi connectivity index (χ2v) is 23.9. The van der Waals surface area contributed by atoms with Crippen molar-refractivity contribution in [3.8, 4) is 0 Å². The zero-order valence-corrected chi connectivity index (χ0v) is 53.8. The Morgan fingerprint density at radius 1 is 0.390 bits per heavy atom. The Labute approximate surface area is 503 Å². The molecular formula is C72H121NO8P+. The van der Waals surface area contributed by atoms with Crippen molar-refractivity contribution in [2.24, 2.45) is 0 Å². The normalized spacial score (nSPS) is 14.2. The van der Waals surface area contributed by atoms with Crippen LogP contribution in [0.2, 0.25) is 0 Å². The second-order valence-electron chi connectivity index (χ2n) is 22.4. The number of quaternary nitrogens is 1. The number of carbonyl (C=O) groups excluding carboxylic acids is 2. The molecule has 0 radical (unpaired) electrons. The van der Waals surface area contributed by atoms with E-state index >= 15 is 0 Å². The molecule has 0 aliphatic rings. The van der Waals surface area contributed by atoms with Crippen molar-refractivity contribution in [2.45, 2.75) is 251 Å². The zero-order valence-electron chi connectivity index (χ0n) is 52.9. The molecule has 1 N–H and O–H groups in total. The summed E-state index contributed by atoms with van der Waals surface area (Å²) < 4.78 is 34.6. The van der Waals surface area contributed by atoms with Crippen LogP contribution in [0.25, 0.3) is 0 Å². The van der Waals surface area contributed by atoms with Crippen LogP contribution in [0, 0.1) is 0 Å². The number of unbranched alkanes of at least 4 members (excludes halogenated alkanes) is 20. The van der Waals surface area contributed by atoms with Crippen molar-refractivity contribution in [2.75, 3.05) is 47.5 Å². The van der Waals surface area contributed by atoms with Crippen molar-refractivity contribution in [3.63, 3.8) is 0 Å². The van der Waals surface area contributed by atoms with Gasteiger partial charge in [-0.15, -0.1) is 0 Å². The lowest BCUT2D eigenvalue weighted by molar-refractivity contribution is -0.870. The molecule has 0 rings (SSSR count). The maximum absolute atomic E-state index is 12.8. The third kappa shape index (κ3) is 65.0. The molecule has 0 amide bonds. The summed E-state index contributed by atoms with van der Waals surface area (Å²) >= 11 is 0. The predicted molar refractivity (Wildman–Crippen MR) is 353 cm³/mol. The summed E-state index contributed by atoms with van der Waals surface area (Å²) in [5, 5.41) is 0. The van der Waals surface area contributed by atoms with Gasteiger partial charge in [0.2, 0.25) is 0 Å². The van der Waals surface area contributed by atoms with Crippen molar-refractivity contribution in [3.05, 3.63) is 146 Å². The molecule has 0 bridgehead atoms. The van der Waals surface area contributed by atoms with Gasteiger partial charge in [-0.25, -0.2) is 4.57 Å². The van der Waals surface area contributed by atoms with Crippen LogP contribution in [0.5, 0.6) is 0 Å². The molecule has 0 saturated heterocycles. The van der Waals surface area contributed by atoms with E-state index in [0.29, 0.717) is 17.4 Å². The number of esters is 2. The van der Waals surface area contributed by atoms with E-state index in [-0.39, 0.29) is 32.0 Å². The van der Waals surface area contributed by atoms with Gasteiger partial charge in [-0.3, -0.25) is 18.6 Å². The zero-order chi connectivity index (χ0) is 59.8. The molecule has 82 heavy (non-hydrogen) atoms. The van der Waals surface area contributed by atoms with E-state index in [1.54, 1.807) is 0 Å². The second kappa shape index (κ2) is 61.5. The topological polar surface area (TPSA) is 108 Å². The monoisotopic (exact) mass is 1160 g/mol. The van der Waals surface area contributed by atoms with Crippen molar-refractivity contribution >= 4 is 19.8 Å². The van der Waals surface area contributed by atoms with Gasteiger partial charge < -0.3 is 18.9 Å². The SMILES string of the molecule is CC/C=C\C/C=C\C/C=C\C/C=C\C/C=C\C/C=C\C/C=C\C/C=C\C/C=C\C/C=C\CCCCCCC(=O)OC(COC(=O)CCCCCCCCCCCCC/C=C\C/C=C\CCCCCCC)COP(=O)(O)OCC[N+](C)(C)C. The fourth-order valence-electron chi connectivity index (χ4n) is 8.37. The molecule has 0 aliphatic heterocycles. The van der Waals surface area contributed by atoms with Crippen LogP contribution in [-0.4, -0.2) is 74.9 Å². The van der Waals surface area contributed by atoms with Gasteiger partial charge in [0.05, 0.1) is 27.7 Å². The molecule has 2 atom stereocenters. The minimum atomic E-state index is -4.41.